The fourth-order valence-electron chi connectivity index (χ4n) is 3.52. The Morgan fingerprint density at radius 2 is 1.90 bits per heavy atom. The summed E-state index contributed by atoms with van der Waals surface area (Å²) < 4.78 is 2.02. The average Bonchev–Trinajstić information content (AvgIpc) is 2.72. The third-order valence-corrected chi connectivity index (χ3v) is 5.29. The van der Waals surface area contributed by atoms with Crippen LogP contribution < -0.4 is 11.3 Å². The Morgan fingerprint density at radius 3 is 2.48 bits per heavy atom. The minimum atomic E-state index is 0.294. The topological polar surface area (TPSA) is 55.9 Å². The van der Waals surface area contributed by atoms with Crippen LogP contribution in [0, 0.1) is 12.8 Å². The predicted octanol–water partition coefficient (Wildman–Crippen LogP) is 3.60. The molecule has 5 heteroatoms. The molecule has 0 radical (unpaired) electrons. The van der Waals surface area contributed by atoms with Crippen molar-refractivity contribution in [3.63, 3.8) is 0 Å². The zero-order valence-corrected chi connectivity index (χ0v) is 14.1. The van der Waals surface area contributed by atoms with Crippen LogP contribution in [0.3, 0.4) is 0 Å². The molecule has 0 amide bonds. The van der Waals surface area contributed by atoms with Crippen molar-refractivity contribution in [1.82, 2.24) is 15.2 Å². The second-order valence-corrected chi connectivity index (χ2v) is 6.62. The van der Waals surface area contributed by atoms with Gasteiger partial charge in [-0.05, 0) is 32.6 Å². The van der Waals surface area contributed by atoms with E-state index in [1.807, 2.05) is 11.6 Å². The van der Waals surface area contributed by atoms with Gasteiger partial charge in [0, 0.05) is 19.0 Å². The second kappa shape index (κ2) is 8.16. The molecule has 0 saturated heterocycles. The monoisotopic (exact) mass is 312 g/mol. The third kappa shape index (κ3) is 4.21. The number of hydrazine groups is 1. The molecule has 21 heavy (non-hydrogen) atoms. The molecule has 1 heterocycles. The van der Waals surface area contributed by atoms with E-state index in [-0.39, 0.29) is 0 Å². The molecule has 4 nitrogen and oxygen atoms in total. The standard InChI is InChI=1S/C16H29ClN4/c1-3-21-15(16(17)12(2)20-21)11-14(19-18)13-9-7-5-4-6-8-10-13/h13-14,19H,3-11,18H2,1-2H3. The lowest BCUT2D eigenvalue weighted by Gasteiger charge is -2.28. The van der Waals surface area contributed by atoms with Crippen LogP contribution in [-0.4, -0.2) is 15.8 Å². The van der Waals surface area contributed by atoms with Gasteiger partial charge in [0.15, 0.2) is 0 Å². The lowest BCUT2D eigenvalue weighted by atomic mass is 9.84. The van der Waals surface area contributed by atoms with Gasteiger partial charge in [0.25, 0.3) is 0 Å². The number of halogens is 1. The average molecular weight is 313 g/mol. The van der Waals surface area contributed by atoms with Gasteiger partial charge in [-0.25, -0.2) is 0 Å². The first kappa shape index (κ1) is 16.8. The SMILES string of the molecule is CCn1nc(C)c(Cl)c1CC(NN)C1CCCCCCC1. The van der Waals surface area contributed by atoms with Gasteiger partial charge < -0.3 is 0 Å². The summed E-state index contributed by atoms with van der Waals surface area (Å²) in [5.74, 6) is 6.51. The van der Waals surface area contributed by atoms with Crippen LogP contribution in [0.1, 0.15) is 63.3 Å². The first-order valence-corrected chi connectivity index (χ1v) is 8.73. The second-order valence-electron chi connectivity index (χ2n) is 6.24. The molecule has 1 saturated carbocycles. The third-order valence-electron chi connectivity index (χ3n) is 4.80. The lowest BCUT2D eigenvalue weighted by molar-refractivity contribution is 0.281. The van der Waals surface area contributed by atoms with Gasteiger partial charge in [-0.3, -0.25) is 16.0 Å². The Morgan fingerprint density at radius 1 is 1.29 bits per heavy atom. The Hall–Kier alpha value is -0.580. The molecule has 1 aromatic heterocycles. The Labute approximate surface area is 133 Å². The highest BCUT2D eigenvalue weighted by Crippen LogP contribution is 2.28. The van der Waals surface area contributed by atoms with E-state index >= 15 is 0 Å². The van der Waals surface area contributed by atoms with Gasteiger partial charge >= 0.3 is 0 Å². The van der Waals surface area contributed by atoms with Crippen LogP contribution in [0.25, 0.3) is 0 Å². The predicted molar refractivity (Wildman–Crippen MR) is 88.3 cm³/mol. The van der Waals surface area contributed by atoms with Gasteiger partial charge in [-0.2, -0.15) is 5.10 Å². The molecule has 0 aromatic carbocycles. The van der Waals surface area contributed by atoms with Crippen molar-refractivity contribution < 1.29 is 0 Å². The van der Waals surface area contributed by atoms with Gasteiger partial charge in [-0.1, -0.05) is 43.7 Å². The molecule has 1 unspecified atom stereocenters. The molecule has 0 spiro atoms. The molecule has 1 aromatic rings. The summed E-state index contributed by atoms with van der Waals surface area (Å²) in [6.45, 7) is 4.93. The summed E-state index contributed by atoms with van der Waals surface area (Å²) in [5, 5.41) is 5.32. The lowest BCUT2D eigenvalue weighted by Crippen LogP contribution is -2.43. The van der Waals surface area contributed by atoms with Gasteiger partial charge in [0.1, 0.15) is 0 Å². The molecule has 1 atom stereocenters. The van der Waals surface area contributed by atoms with E-state index in [1.165, 1.54) is 44.9 Å². The highest BCUT2D eigenvalue weighted by atomic mass is 35.5. The molecular formula is C16H29ClN4. The summed E-state index contributed by atoms with van der Waals surface area (Å²) in [4.78, 5) is 0. The number of aryl methyl sites for hydroxylation is 2. The molecule has 1 aliphatic rings. The molecule has 3 N–H and O–H groups in total. The number of nitrogens with zero attached hydrogens (tertiary/aromatic N) is 2. The molecule has 120 valence electrons. The minimum absolute atomic E-state index is 0.294. The molecule has 0 bridgehead atoms. The fourth-order valence-corrected chi connectivity index (χ4v) is 3.74. The van der Waals surface area contributed by atoms with Crippen molar-refractivity contribution in [1.29, 1.82) is 0 Å². The normalized spacial score (nSPS) is 19.2. The number of nitrogens with one attached hydrogen (secondary N) is 1. The van der Waals surface area contributed by atoms with Crippen molar-refractivity contribution in [3.05, 3.63) is 16.4 Å². The summed E-state index contributed by atoms with van der Waals surface area (Å²) in [7, 11) is 0. The summed E-state index contributed by atoms with van der Waals surface area (Å²) in [6.07, 6.45) is 10.2. The van der Waals surface area contributed by atoms with E-state index < -0.39 is 0 Å². The summed E-state index contributed by atoms with van der Waals surface area (Å²) >= 11 is 6.44. The molecule has 0 aliphatic heterocycles. The zero-order valence-electron chi connectivity index (χ0n) is 13.4. The number of aromatic nitrogens is 2. The van der Waals surface area contributed by atoms with Crippen molar-refractivity contribution >= 4 is 11.6 Å². The largest absolute Gasteiger partial charge is 0.271 e. The van der Waals surface area contributed by atoms with E-state index in [9.17, 15) is 0 Å². The van der Waals surface area contributed by atoms with Crippen LogP contribution in [0.4, 0.5) is 0 Å². The highest BCUT2D eigenvalue weighted by molar-refractivity contribution is 6.31. The molecule has 2 rings (SSSR count). The molecule has 1 fully saturated rings. The van der Waals surface area contributed by atoms with E-state index in [1.54, 1.807) is 0 Å². The Balaban J connectivity index is 2.10. The van der Waals surface area contributed by atoms with Crippen molar-refractivity contribution in [3.8, 4) is 0 Å². The van der Waals surface area contributed by atoms with Crippen LogP contribution in [0.5, 0.6) is 0 Å². The minimum Gasteiger partial charge on any atom is -0.271 e. The highest BCUT2D eigenvalue weighted by Gasteiger charge is 2.24. The van der Waals surface area contributed by atoms with E-state index in [2.05, 4.69) is 17.4 Å². The Kier molecular flexibility index (Phi) is 6.52. The summed E-state index contributed by atoms with van der Waals surface area (Å²) in [5.41, 5.74) is 5.10. The van der Waals surface area contributed by atoms with Crippen molar-refractivity contribution in [2.24, 2.45) is 11.8 Å². The van der Waals surface area contributed by atoms with Gasteiger partial charge in [-0.15, -0.1) is 0 Å². The maximum absolute atomic E-state index is 6.44. The summed E-state index contributed by atoms with van der Waals surface area (Å²) in [6, 6.07) is 0.294. The van der Waals surface area contributed by atoms with E-state index in [0.29, 0.717) is 12.0 Å². The number of rotatable bonds is 5. The molecular weight excluding hydrogens is 284 g/mol. The van der Waals surface area contributed by atoms with Crippen LogP contribution in [0.15, 0.2) is 0 Å². The number of nitrogens with two attached hydrogens (primary N) is 1. The Bertz CT molecular complexity index is 436. The first-order chi connectivity index (χ1) is 10.2. The zero-order chi connectivity index (χ0) is 15.2. The smallest absolute Gasteiger partial charge is 0.0847 e. The first-order valence-electron chi connectivity index (χ1n) is 8.35. The maximum atomic E-state index is 6.44. The quantitative estimate of drug-likeness (QED) is 0.645. The van der Waals surface area contributed by atoms with Gasteiger partial charge in [0.2, 0.25) is 0 Å². The fraction of sp³-hybridized carbons (Fsp3) is 0.812. The van der Waals surface area contributed by atoms with Crippen LogP contribution in [-0.2, 0) is 13.0 Å². The van der Waals surface area contributed by atoms with Gasteiger partial charge in [0.05, 0.1) is 16.4 Å². The van der Waals surface area contributed by atoms with Crippen LogP contribution >= 0.6 is 11.6 Å². The number of hydrogen-bond donors (Lipinski definition) is 2. The van der Waals surface area contributed by atoms with Crippen molar-refractivity contribution in [2.75, 3.05) is 0 Å². The molecule has 1 aliphatic carbocycles. The number of hydrogen-bond acceptors (Lipinski definition) is 3. The van der Waals surface area contributed by atoms with E-state index in [4.69, 9.17) is 17.4 Å². The maximum Gasteiger partial charge on any atom is 0.0847 e. The van der Waals surface area contributed by atoms with E-state index in [0.717, 1.165) is 29.4 Å². The van der Waals surface area contributed by atoms with Crippen molar-refractivity contribution in [2.45, 2.75) is 77.8 Å². The van der Waals surface area contributed by atoms with Crippen LogP contribution in [0.2, 0.25) is 5.02 Å².